The van der Waals surface area contributed by atoms with E-state index < -0.39 is 5.97 Å². The zero-order valence-corrected chi connectivity index (χ0v) is 14.4. The van der Waals surface area contributed by atoms with Crippen molar-refractivity contribution >= 4 is 23.3 Å². The second-order valence-corrected chi connectivity index (χ2v) is 5.39. The number of benzene rings is 1. The number of aryl methyl sites for hydroxylation is 2. The Bertz CT molecular complexity index is 777. The van der Waals surface area contributed by atoms with E-state index in [1.54, 1.807) is 38.1 Å². The topological polar surface area (TPSA) is 98.5 Å². The van der Waals surface area contributed by atoms with Gasteiger partial charge in [0.1, 0.15) is 11.3 Å². The molecule has 1 amide bonds. The van der Waals surface area contributed by atoms with Gasteiger partial charge in [-0.3, -0.25) is 9.59 Å². The summed E-state index contributed by atoms with van der Waals surface area (Å²) in [5, 5.41) is 6.48. The molecule has 1 heterocycles. The molecule has 0 unspecified atom stereocenters. The fraction of sp³-hybridized carbons (Fsp3) is 0.333. The second kappa shape index (κ2) is 8.23. The van der Waals surface area contributed by atoms with Crippen molar-refractivity contribution in [2.24, 2.45) is 0 Å². The van der Waals surface area contributed by atoms with E-state index in [-0.39, 0.29) is 23.9 Å². The second-order valence-electron chi connectivity index (χ2n) is 5.39. The maximum atomic E-state index is 12.1. The first-order valence-corrected chi connectivity index (χ1v) is 8.01. The molecule has 0 radical (unpaired) electrons. The highest BCUT2D eigenvalue weighted by atomic mass is 16.5. The molecule has 2 aromatic rings. The Balaban J connectivity index is 1.97. The number of aromatic nitrogens is 1. The summed E-state index contributed by atoms with van der Waals surface area (Å²) >= 11 is 0. The first kappa shape index (κ1) is 18.4. The summed E-state index contributed by atoms with van der Waals surface area (Å²) in [6.07, 6.45) is 0.902. The maximum absolute atomic E-state index is 12.1. The van der Waals surface area contributed by atoms with Crippen LogP contribution in [0.1, 0.15) is 52.4 Å². The summed E-state index contributed by atoms with van der Waals surface area (Å²) in [5.74, 6) is -0.709. The number of hydrogen-bond acceptors (Lipinski definition) is 6. The van der Waals surface area contributed by atoms with Crippen LogP contribution in [0.4, 0.5) is 5.69 Å². The van der Waals surface area contributed by atoms with Crippen molar-refractivity contribution in [3.8, 4) is 0 Å². The van der Waals surface area contributed by atoms with E-state index in [1.807, 2.05) is 6.92 Å². The molecule has 0 aliphatic rings. The summed E-state index contributed by atoms with van der Waals surface area (Å²) < 4.78 is 10.1. The van der Waals surface area contributed by atoms with Crippen molar-refractivity contribution in [1.82, 2.24) is 5.16 Å². The molecule has 1 N–H and O–H groups in total. The molecule has 0 bridgehead atoms. The Morgan fingerprint density at radius 3 is 2.44 bits per heavy atom. The van der Waals surface area contributed by atoms with Crippen LogP contribution < -0.4 is 5.32 Å². The Labute approximate surface area is 145 Å². The monoisotopic (exact) mass is 344 g/mol. The van der Waals surface area contributed by atoms with Crippen LogP contribution in [-0.4, -0.2) is 29.4 Å². The van der Waals surface area contributed by atoms with Gasteiger partial charge in [0.05, 0.1) is 5.69 Å². The molecule has 0 fully saturated rings. The van der Waals surface area contributed by atoms with Crippen LogP contribution in [0.25, 0.3) is 0 Å². The number of anilines is 1. The smallest absolute Gasteiger partial charge is 0.344 e. The number of amides is 1. The lowest BCUT2D eigenvalue weighted by atomic mass is 10.1. The van der Waals surface area contributed by atoms with Crippen LogP contribution in [0.2, 0.25) is 0 Å². The van der Waals surface area contributed by atoms with Crippen LogP contribution in [0.15, 0.2) is 28.8 Å². The van der Waals surface area contributed by atoms with Crippen LogP contribution >= 0.6 is 0 Å². The molecule has 1 aromatic carbocycles. The molecule has 7 heteroatoms. The number of Topliss-reactive ketones (excluding diaryl/α,β-unsaturated/α-hetero) is 1. The van der Waals surface area contributed by atoms with Crippen LogP contribution in [0.3, 0.4) is 0 Å². The van der Waals surface area contributed by atoms with Gasteiger partial charge in [0.15, 0.2) is 12.4 Å². The van der Waals surface area contributed by atoms with E-state index in [0.717, 1.165) is 0 Å². The van der Waals surface area contributed by atoms with Crippen LogP contribution in [0.5, 0.6) is 0 Å². The Hall–Kier alpha value is -2.96. The van der Waals surface area contributed by atoms with E-state index in [2.05, 4.69) is 10.5 Å². The van der Waals surface area contributed by atoms with Gasteiger partial charge in [0.2, 0.25) is 5.91 Å². The molecule has 25 heavy (non-hydrogen) atoms. The maximum Gasteiger partial charge on any atom is 0.344 e. The minimum atomic E-state index is -0.629. The minimum absolute atomic E-state index is 0.108. The Morgan fingerprint density at radius 1 is 1.16 bits per heavy atom. The first-order chi connectivity index (χ1) is 12.0. The number of ketones is 1. The zero-order chi connectivity index (χ0) is 18.4. The third kappa shape index (κ3) is 4.53. The summed E-state index contributed by atoms with van der Waals surface area (Å²) in [6.45, 7) is 4.84. The highest BCUT2D eigenvalue weighted by Crippen LogP contribution is 2.16. The van der Waals surface area contributed by atoms with E-state index in [9.17, 15) is 14.4 Å². The predicted octanol–water partition coefficient (Wildman–Crippen LogP) is 2.93. The van der Waals surface area contributed by atoms with Crippen molar-refractivity contribution in [2.45, 2.75) is 33.6 Å². The van der Waals surface area contributed by atoms with Crippen molar-refractivity contribution in [2.75, 3.05) is 11.9 Å². The van der Waals surface area contributed by atoms with Gasteiger partial charge in [-0.25, -0.2) is 4.79 Å². The third-order valence-corrected chi connectivity index (χ3v) is 3.62. The SMILES string of the molecule is CCC(=O)Nc1ccc(C(=O)COC(=O)c2c(CC)noc2C)cc1. The molecular weight excluding hydrogens is 324 g/mol. The molecule has 0 atom stereocenters. The normalized spacial score (nSPS) is 10.4. The molecule has 2 rings (SSSR count). The van der Waals surface area contributed by atoms with Gasteiger partial charge < -0.3 is 14.6 Å². The molecule has 0 aliphatic heterocycles. The van der Waals surface area contributed by atoms with Gasteiger partial charge >= 0.3 is 5.97 Å². The van der Waals surface area contributed by atoms with Gasteiger partial charge in [-0.05, 0) is 37.6 Å². The number of ether oxygens (including phenoxy) is 1. The number of nitrogens with zero attached hydrogens (tertiary/aromatic N) is 1. The molecule has 0 saturated heterocycles. The minimum Gasteiger partial charge on any atom is -0.454 e. The number of carbonyl (C=O) groups excluding carboxylic acids is 3. The summed E-state index contributed by atoms with van der Waals surface area (Å²) in [7, 11) is 0. The average molecular weight is 344 g/mol. The number of esters is 1. The fourth-order valence-electron chi connectivity index (χ4n) is 2.20. The van der Waals surface area contributed by atoms with Crippen LogP contribution in [-0.2, 0) is 16.0 Å². The van der Waals surface area contributed by atoms with E-state index in [1.165, 1.54) is 0 Å². The summed E-state index contributed by atoms with van der Waals surface area (Å²) in [6, 6.07) is 6.40. The van der Waals surface area contributed by atoms with Gasteiger partial charge in [0.25, 0.3) is 0 Å². The lowest BCUT2D eigenvalue weighted by molar-refractivity contribution is -0.115. The first-order valence-electron chi connectivity index (χ1n) is 8.01. The lowest BCUT2D eigenvalue weighted by Gasteiger charge is -2.06. The molecule has 7 nitrogen and oxygen atoms in total. The molecule has 0 aliphatic carbocycles. The molecule has 1 aromatic heterocycles. The van der Waals surface area contributed by atoms with Gasteiger partial charge in [-0.15, -0.1) is 0 Å². The van der Waals surface area contributed by atoms with Crippen molar-refractivity contribution in [3.63, 3.8) is 0 Å². The summed E-state index contributed by atoms with van der Waals surface area (Å²) in [5.41, 5.74) is 1.77. The largest absolute Gasteiger partial charge is 0.454 e. The molecular formula is C18H20N2O5. The molecule has 132 valence electrons. The fourth-order valence-corrected chi connectivity index (χ4v) is 2.20. The average Bonchev–Trinajstić information content (AvgIpc) is 3.00. The molecule has 0 spiro atoms. The van der Waals surface area contributed by atoms with E-state index in [4.69, 9.17) is 9.26 Å². The number of carbonyl (C=O) groups is 3. The standard InChI is InChI=1S/C18H20N2O5/c1-4-14-17(11(3)25-20-14)18(23)24-10-15(21)12-6-8-13(9-7-12)19-16(22)5-2/h6-9H,4-5,10H2,1-3H3,(H,19,22). The number of hydrogen-bond donors (Lipinski definition) is 1. The van der Waals surface area contributed by atoms with Crippen molar-refractivity contribution < 1.29 is 23.6 Å². The van der Waals surface area contributed by atoms with Gasteiger partial charge in [-0.1, -0.05) is 19.0 Å². The Morgan fingerprint density at radius 2 is 1.84 bits per heavy atom. The van der Waals surface area contributed by atoms with Crippen molar-refractivity contribution in [1.29, 1.82) is 0 Å². The lowest BCUT2D eigenvalue weighted by Crippen LogP contribution is -2.16. The highest BCUT2D eigenvalue weighted by molar-refractivity contribution is 6.00. The quantitative estimate of drug-likeness (QED) is 0.612. The van der Waals surface area contributed by atoms with Gasteiger partial charge in [-0.2, -0.15) is 0 Å². The Kier molecular flexibility index (Phi) is 6.05. The van der Waals surface area contributed by atoms with E-state index >= 15 is 0 Å². The molecule has 0 saturated carbocycles. The predicted molar refractivity (Wildman–Crippen MR) is 90.6 cm³/mol. The highest BCUT2D eigenvalue weighted by Gasteiger charge is 2.21. The van der Waals surface area contributed by atoms with Crippen LogP contribution in [0, 0.1) is 6.92 Å². The zero-order valence-electron chi connectivity index (χ0n) is 14.4. The third-order valence-electron chi connectivity index (χ3n) is 3.62. The number of nitrogens with one attached hydrogen (secondary N) is 1. The van der Waals surface area contributed by atoms with Gasteiger partial charge in [0, 0.05) is 17.7 Å². The number of rotatable bonds is 7. The summed E-state index contributed by atoms with van der Waals surface area (Å²) in [4.78, 5) is 35.6. The van der Waals surface area contributed by atoms with E-state index in [0.29, 0.717) is 35.5 Å². The van der Waals surface area contributed by atoms with Crippen molar-refractivity contribution in [3.05, 3.63) is 46.8 Å².